The van der Waals surface area contributed by atoms with Crippen molar-refractivity contribution in [2.75, 3.05) is 24.3 Å². The summed E-state index contributed by atoms with van der Waals surface area (Å²) in [5, 5.41) is 6.36. The third-order valence-electron chi connectivity index (χ3n) is 3.42. The number of likely N-dealkylation sites (tertiary alicyclic amines) is 1. The average Bonchev–Trinajstić information content (AvgIpc) is 2.91. The molecule has 0 aromatic carbocycles. The molecule has 0 aliphatic carbocycles. The Balaban J connectivity index is 1.86. The SMILES string of the molecule is CN1CC(Nc2nc(NN)nc3sccc23)CCC1=O. The monoisotopic (exact) mass is 292 g/mol. The normalized spacial score (nSPS) is 19.4. The number of nitrogens with one attached hydrogen (secondary N) is 2. The Morgan fingerprint density at radius 1 is 1.50 bits per heavy atom. The molecule has 1 saturated heterocycles. The number of carbonyl (C=O) groups excluding carboxylic acids is 1. The van der Waals surface area contributed by atoms with Gasteiger partial charge in [0.15, 0.2) is 0 Å². The highest BCUT2D eigenvalue weighted by Gasteiger charge is 2.23. The van der Waals surface area contributed by atoms with Gasteiger partial charge in [-0.25, -0.2) is 10.8 Å². The number of nitrogen functional groups attached to an aromatic ring is 1. The Hall–Kier alpha value is -1.93. The van der Waals surface area contributed by atoms with Crippen LogP contribution in [0.1, 0.15) is 12.8 Å². The van der Waals surface area contributed by atoms with Crippen LogP contribution in [-0.2, 0) is 4.79 Å². The van der Waals surface area contributed by atoms with Crippen molar-refractivity contribution in [3.05, 3.63) is 11.4 Å². The Morgan fingerprint density at radius 2 is 2.35 bits per heavy atom. The number of hydrazine groups is 1. The first-order chi connectivity index (χ1) is 9.67. The van der Waals surface area contributed by atoms with E-state index in [1.54, 1.807) is 16.2 Å². The van der Waals surface area contributed by atoms with Gasteiger partial charge in [0.25, 0.3) is 0 Å². The van der Waals surface area contributed by atoms with E-state index in [-0.39, 0.29) is 11.9 Å². The second-order valence-corrected chi connectivity index (χ2v) is 5.73. The van der Waals surface area contributed by atoms with Gasteiger partial charge in [-0.1, -0.05) is 0 Å². The van der Waals surface area contributed by atoms with E-state index in [9.17, 15) is 4.79 Å². The number of likely N-dealkylation sites (N-methyl/N-ethyl adjacent to an activating group) is 1. The zero-order chi connectivity index (χ0) is 14.1. The van der Waals surface area contributed by atoms with Gasteiger partial charge in [0.2, 0.25) is 11.9 Å². The van der Waals surface area contributed by atoms with Crippen molar-refractivity contribution < 1.29 is 4.79 Å². The summed E-state index contributed by atoms with van der Waals surface area (Å²) in [7, 11) is 1.82. The quantitative estimate of drug-likeness (QED) is 0.577. The smallest absolute Gasteiger partial charge is 0.240 e. The third kappa shape index (κ3) is 2.39. The molecule has 1 fully saturated rings. The van der Waals surface area contributed by atoms with Gasteiger partial charge in [0.1, 0.15) is 10.6 Å². The predicted molar refractivity (Wildman–Crippen MR) is 79.5 cm³/mol. The highest BCUT2D eigenvalue weighted by atomic mass is 32.1. The van der Waals surface area contributed by atoms with E-state index in [0.29, 0.717) is 18.9 Å². The van der Waals surface area contributed by atoms with Crippen molar-refractivity contribution >= 4 is 39.2 Å². The van der Waals surface area contributed by atoms with Crippen LogP contribution in [-0.4, -0.2) is 40.4 Å². The molecule has 0 spiro atoms. The molecular weight excluding hydrogens is 276 g/mol. The fourth-order valence-electron chi connectivity index (χ4n) is 2.35. The predicted octanol–water partition coefficient (Wildman–Crippen LogP) is 1.01. The molecule has 4 N–H and O–H groups in total. The van der Waals surface area contributed by atoms with Crippen molar-refractivity contribution in [3.63, 3.8) is 0 Å². The molecule has 2 aromatic heterocycles. The van der Waals surface area contributed by atoms with E-state index in [0.717, 1.165) is 22.5 Å². The molecule has 7 nitrogen and oxygen atoms in total. The minimum Gasteiger partial charge on any atom is -0.365 e. The van der Waals surface area contributed by atoms with Crippen molar-refractivity contribution in [1.82, 2.24) is 14.9 Å². The van der Waals surface area contributed by atoms with E-state index >= 15 is 0 Å². The van der Waals surface area contributed by atoms with Gasteiger partial charge in [0.05, 0.1) is 5.39 Å². The van der Waals surface area contributed by atoms with Gasteiger partial charge in [-0.15, -0.1) is 11.3 Å². The highest BCUT2D eigenvalue weighted by Crippen LogP contribution is 2.27. The number of nitrogens with two attached hydrogens (primary N) is 1. The number of piperidine rings is 1. The number of fused-ring (bicyclic) bond motifs is 1. The van der Waals surface area contributed by atoms with Gasteiger partial charge in [-0.3, -0.25) is 10.2 Å². The summed E-state index contributed by atoms with van der Waals surface area (Å²) < 4.78 is 0. The summed E-state index contributed by atoms with van der Waals surface area (Å²) in [5.41, 5.74) is 2.48. The first-order valence-electron chi connectivity index (χ1n) is 6.39. The maximum absolute atomic E-state index is 11.5. The van der Waals surface area contributed by atoms with Gasteiger partial charge in [-0.2, -0.15) is 4.98 Å². The molecular formula is C12H16N6OS. The molecule has 0 radical (unpaired) electrons. The van der Waals surface area contributed by atoms with E-state index < -0.39 is 0 Å². The van der Waals surface area contributed by atoms with Gasteiger partial charge in [0, 0.05) is 26.1 Å². The molecule has 1 unspecified atom stereocenters. The summed E-state index contributed by atoms with van der Waals surface area (Å²) in [4.78, 5) is 22.8. The first-order valence-corrected chi connectivity index (χ1v) is 7.27. The number of hydrogen-bond donors (Lipinski definition) is 3. The molecule has 3 heterocycles. The molecule has 0 saturated carbocycles. The van der Waals surface area contributed by atoms with Crippen LogP contribution in [0.4, 0.5) is 11.8 Å². The van der Waals surface area contributed by atoms with E-state index in [1.165, 1.54) is 0 Å². The minimum atomic E-state index is 0.190. The summed E-state index contributed by atoms with van der Waals surface area (Å²) in [5.74, 6) is 6.74. The number of rotatable bonds is 3. The minimum absolute atomic E-state index is 0.190. The molecule has 1 aliphatic rings. The number of carbonyl (C=O) groups is 1. The highest BCUT2D eigenvalue weighted by molar-refractivity contribution is 7.16. The molecule has 2 aromatic rings. The third-order valence-corrected chi connectivity index (χ3v) is 4.23. The number of nitrogens with zero attached hydrogens (tertiary/aromatic N) is 3. The molecule has 1 aliphatic heterocycles. The standard InChI is InChI=1S/C12H16N6OS/c1-18-6-7(2-3-9(18)19)14-10-8-4-5-20-11(8)16-12(15-10)17-13/h4-5,7H,2-3,6,13H2,1H3,(H2,14,15,16,17). The number of thiophene rings is 1. The van der Waals surface area contributed by atoms with E-state index in [2.05, 4.69) is 20.7 Å². The summed E-state index contributed by atoms with van der Waals surface area (Å²) in [6, 6.07) is 2.18. The van der Waals surface area contributed by atoms with Crippen molar-refractivity contribution in [2.24, 2.45) is 5.84 Å². The van der Waals surface area contributed by atoms with Crippen molar-refractivity contribution in [1.29, 1.82) is 0 Å². The molecule has 106 valence electrons. The fourth-order valence-corrected chi connectivity index (χ4v) is 3.12. The van der Waals surface area contributed by atoms with Gasteiger partial charge < -0.3 is 10.2 Å². The summed E-state index contributed by atoms with van der Waals surface area (Å²) >= 11 is 1.54. The molecule has 1 amide bonds. The van der Waals surface area contributed by atoms with Crippen molar-refractivity contribution in [2.45, 2.75) is 18.9 Å². The summed E-state index contributed by atoms with van der Waals surface area (Å²) in [6.07, 6.45) is 1.37. The zero-order valence-electron chi connectivity index (χ0n) is 11.1. The number of hydrogen-bond acceptors (Lipinski definition) is 7. The lowest BCUT2D eigenvalue weighted by Gasteiger charge is -2.30. The molecule has 3 rings (SSSR count). The first kappa shape index (κ1) is 13.1. The average molecular weight is 292 g/mol. The lowest BCUT2D eigenvalue weighted by atomic mass is 10.1. The number of aromatic nitrogens is 2. The van der Waals surface area contributed by atoms with Crippen LogP contribution < -0.4 is 16.6 Å². The van der Waals surface area contributed by atoms with Crippen LogP contribution in [0, 0.1) is 0 Å². The molecule has 8 heteroatoms. The van der Waals surface area contributed by atoms with Gasteiger partial charge >= 0.3 is 0 Å². The Kier molecular flexibility index (Phi) is 3.41. The second kappa shape index (κ2) is 5.22. The summed E-state index contributed by atoms with van der Waals surface area (Å²) in [6.45, 7) is 0.680. The molecule has 20 heavy (non-hydrogen) atoms. The van der Waals surface area contributed by atoms with Crippen LogP contribution in [0.25, 0.3) is 10.2 Å². The van der Waals surface area contributed by atoms with E-state index in [1.807, 2.05) is 18.5 Å². The Morgan fingerprint density at radius 3 is 3.10 bits per heavy atom. The molecule has 0 bridgehead atoms. The zero-order valence-corrected chi connectivity index (χ0v) is 11.9. The maximum atomic E-state index is 11.5. The van der Waals surface area contributed by atoms with Gasteiger partial charge in [-0.05, 0) is 17.9 Å². The number of anilines is 2. The Labute approximate surface area is 120 Å². The van der Waals surface area contributed by atoms with Crippen LogP contribution in [0.3, 0.4) is 0 Å². The topological polar surface area (TPSA) is 96.2 Å². The lowest BCUT2D eigenvalue weighted by Crippen LogP contribution is -2.43. The maximum Gasteiger partial charge on any atom is 0.240 e. The van der Waals surface area contributed by atoms with Crippen LogP contribution in [0.2, 0.25) is 0 Å². The second-order valence-electron chi connectivity index (χ2n) is 4.83. The Bertz CT molecular complexity index is 642. The number of amides is 1. The fraction of sp³-hybridized carbons (Fsp3) is 0.417. The van der Waals surface area contributed by atoms with Crippen LogP contribution in [0.15, 0.2) is 11.4 Å². The lowest BCUT2D eigenvalue weighted by molar-refractivity contribution is -0.132. The van der Waals surface area contributed by atoms with Crippen LogP contribution >= 0.6 is 11.3 Å². The van der Waals surface area contributed by atoms with Crippen molar-refractivity contribution in [3.8, 4) is 0 Å². The van der Waals surface area contributed by atoms with Crippen LogP contribution in [0.5, 0.6) is 0 Å². The largest absolute Gasteiger partial charge is 0.365 e. The van der Waals surface area contributed by atoms with E-state index in [4.69, 9.17) is 5.84 Å². The molecule has 1 atom stereocenters.